The molecule has 0 unspecified atom stereocenters. The average molecular weight is 149 g/mol. The molecule has 0 saturated heterocycles. The molecular formula is C4H7NO3S. The second-order valence-electron chi connectivity index (χ2n) is 0.799. The summed E-state index contributed by atoms with van der Waals surface area (Å²) in [7, 11) is 0. The summed E-state index contributed by atoms with van der Waals surface area (Å²) in [5, 5.41) is 16.3. The Balaban J connectivity index is 0. The molecule has 0 aliphatic rings. The number of hydrogen-bond donors (Lipinski definition) is 2. The predicted octanol–water partition coefficient (Wildman–Crippen LogP) is 1.10. The third kappa shape index (κ3) is 41.7. The van der Waals surface area contributed by atoms with Gasteiger partial charge >= 0.3 is 6.16 Å². The summed E-state index contributed by atoms with van der Waals surface area (Å²) in [5.74, 6) is 0. The van der Waals surface area contributed by atoms with Gasteiger partial charge in [0.15, 0.2) is 0 Å². The molecule has 0 saturated carbocycles. The Bertz CT molecular complexity index is 109. The minimum absolute atomic E-state index is 0.231. The van der Waals surface area contributed by atoms with E-state index in [0.717, 1.165) is 0 Å². The number of nitrogens with zero attached hydrogens (tertiary/aromatic N) is 1. The maximum Gasteiger partial charge on any atom is 0.505 e. The Morgan fingerprint density at radius 3 is 2.33 bits per heavy atom. The lowest BCUT2D eigenvalue weighted by atomic mass is 10.9. The number of carbonyl (C=O) groups is 1. The quantitative estimate of drug-likeness (QED) is 0.332. The van der Waals surface area contributed by atoms with Crippen LogP contribution in [0.3, 0.4) is 0 Å². The van der Waals surface area contributed by atoms with Crippen LogP contribution in [0.15, 0.2) is 0 Å². The third-order valence-corrected chi connectivity index (χ3v) is 0.268. The fourth-order valence-corrected chi connectivity index (χ4v) is 0.123. The molecule has 5 heteroatoms. The van der Waals surface area contributed by atoms with Gasteiger partial charge < -0.3 is 9.84 Å². The van der Waals surface area contributed by atoms with Crippen molar-refractivity contribution in [1.82, 2.24) is 0 Å². The first-order chi connectivity index (χ1) is 4.18. The molecule has 0 aromatic heterocycles. The highest BCUT2D eigenvalue weighted by Crippen LogP contribution is 1.69. The minimum Gasteiger partial charge on any atom is -0.450 e. The lowest BCUT2D eigenvalue weighted by Gasteiger charge is -1.87. The molecule has 0 fully saturated rings. The largest absolute Gasteiger partial charge is 0.505 e. The molecule has 0 spiro atoms. The first-order valence-corrected chi connectivity index (χ1v) is 2.52. The smallest absolute Gasteiger partial charge is 0.450 e. The van der Waals surface area contributed by atoms with Crippen molar-refractivity contribution >= 4 is 18.8 Å². The normalized spacial score (nSPS) is 5.89. The number of thiol groups is 1. The summed E-state index contributed by atoms with van der Waals surface area (Å²) >= 11 is 3.09. The van der Waals surface area contributed by atoms with Crippen LogP contribution in [0.25, 0.3) is 0 Å². The van der Waals surface area contributed by atoms with Crippen molar-refractivity contribution in [1.29, 1.82) is 5.26 Å². The van der Waals surface area contributed by atoms with Crippen LogP contribution < -0.4 is 0 Å². The van der Waals surface area contributed by atoms with E-state index in [1.54, 1.807) is 6.92 Å². The van der Waals surface area contributed by atoms with Gasteiger partial charge in [-0.05, 0) is 6.92 Å². The molecular weight excluding hydrogens is 142 g/mol. The van der Waals surface area contributed by atoms with Crippen LogP contribution in [-0.2, 0) is 4.74 Å². The van der Waals surface area contributed by atoms with Crippen molar-refractivity contribution < 1.29 is 14.6 Å². The van der Waals surface area contributed by atoms with Crippen LogP contribution in [0.5, 0.6) is 0 Å². The Kier molecular flexibility index (Phi) is 12.4. The van der Waals surface area contributed by atoms with Gasteiger partial charge in [-0.1, -0.05) is 12.6 Å². The monoisotopic (exact) mass is 149 g/mol. The molecule has 0 amide bonds. The molecule has 0 radical (unpaired) electrons. The number of thiocyanates is 1. The van der Waals surface area contributed by atoms with Crippen LogP contribution in [0, 0.1) is 10.7 Å². The van der Waals surface area contributed by atoms with Crippen molar-refractivity contribution in [3.8, 4) is 5.40 Å². The standard InChI is InChI=1S/C3H6O3.CHNS/c1-2-6-3(4)5;2-1-3/h2H2,1H3,(H,4,5);3H. The Morgan fingerprint density at radius 2 is 2.33 bits per heavy atom. The maximum atomic E-state index is 9.38. The summed E-state index contributed by atoms with van der Waals surface area (Å²) in [6, 6.07) is 0. The highest BCUT2D eigenvalue weighted by molar-refractivity contribution is 7.85. The van der Waals surface area contributed by atoms with E-state index in [-0.39, 0.29) is 6.61 Å². The van der Waals surface area contributed by atoms with E-state index in [0.29, 0.717) is 0 Å². The highest BCUT2D eigenvalue weighted by Gasteiger charge is 1.86. The number of ether oxygens (including phenoxy) is 1. The van der Waals surface area contributed by atoms with Crippen molar-refractivity contribution in [2.45, 2.75) is 6.92 Å². The fourth-order valence-electron chi connectivity index (χ4n) is 0.123. The third-order valence-electron chi connectivity index (χ3n) is 0.268. The van der Waals surface area contributed by atoms with E-state index < -0.39 is 6.16 Å². The molecule has 0 aliphatic carbocycles. The SMILES string of the molecule is CCOC(=O)O.N#CS. The first-order valence-electron chi connectivity index (χ1n) is 2.07. The average Bonchev–Trinajstić information content (AvgIpc) is 1.67. The second-order valence-corrected chi connectivity index (χ2v) is 0.999. The lowest BCUT2D eigenvalue weighted by molar-refractivity contribution is 0.0966. The minimum atomic E-state index is -1.21. The van der Waals surface area contributed by atoms with Crippen molar-refractivity contribution in [2.75, 3.05) is 6.61 Å². The van der Waals surface area contributed by atoms with Crippen molar-refractivity contribution in [2.24, 2.45) is 0 Å². The predicted molar refractivity (Wildman–Crippen MR) is 34.2 cm³/mol. The topological polar surface area (TPSA) is 70.3 Å². The summed E-state index contributed by atoms with van der Waals surface area (Å²) in [5.41, 5.74) is 0. The molecule has 0 aliphatic heterocycles. The van der Waals surface area contributed by atoms with E-state index in [1.807, 2.05) is 0 Å². The number of carboxylic acid groups (broad SMARTS) is 1. The number of hydrogen-bond acceptors (Lipinski definition) is 4. The van der Waals surface area contributed by atoms with E-state index >= 15 is 0 Å². The summed E-state index contributed by atoms with van der Waals surface area (Å²) in [6.45, 7) is 1.85. The van der Waals surface area contributed by atoms with E-state index in [1.165, 1.54) is 5.40 Å². The highest BCUT2D eigenvalue weighted by atomic mass is 32.1. The molecule has 0 aromatic rings. The van der Waals surface area contributed by atoms with Gasteiger partial charge in [-0.25, -0.2) is 4.79 Å². The zero-order valence-corrected chi connectivity index (χ0v) is 5.76. The van der Waals surface area contributed by atoms with Crippen LogP contribution >= 0.6 is 12.6 Å². The van der Waals surface area contributed by atoms with Crippen LogP contribution in [-0.4, -0.2) is 17.9 Å². The van der Waals surface area contributed by atoms with Gasteiger partial charge in [0.1, 0.15) is 5.40 Å². The fraction of sp³-hybridized carbons (Fsp3) is 0.500. The summed E-state index contributed by atoms with van der Waals surface area (Å²) in [4.78, 5) is 9.38. The molecule has 9 heavy (non-hydrogen) atoms. The zero-order chi connectivity index (χ0) is 7.70. The van der Waals surface area contributed by atoms with Crippen LogP contribution in [0.4, 0.5) is 4.79 Å². The summed E-state index contributed by atoms with van der Waals surface area (Å²) < 4.78 is 3.96. The first kappa shape index (κ1) is 11.0. The Hall–Kier alpha value is -0.890. The molecule has 0 heterocycles. The molecule has 0 atom stereocenters. The van der Waals surface area contributed by atoms with Crippen molar-refractivity contribution in [3.63, 3.8) is 0 Å². The zero-order valence-electron chi connectivity index (χ0n) is 4.87. The van der Waals surface area contributed by atoms with Gasteiger partial charge in [-0.15, -0.1) is 0 Å². The van der Waals surface area contributed by atoms with E-state index in [2.05, 4.69) is 17.4 Å². The van der Waals surface area contributed by atoms with Gasteiger partial charge in [0.25, 0.3) is 0 Å². The van der Waals surface area contributed by atoms with Gasteiger partial charge in [-0.2, -0.15) is 5.26 Å². The Labute approximate surface area is 58.5 Å². The number of rotatable bonds is 1. The Morgan fingerprint density at radius 1 is 2.00 bits per heavy atom. The maximum absolute atomic E-state index is 9.38. The molecule has 1 N–H and O–H groups in total. The summed E-state index contributed by atoms with van der Waals surface area (Å²) in [6.07, 6.45) is -1.21. The van der Waals surface area contributed by atoms with Gasteiger partial charge in [-0.3, -0.25) is 0 Å². The molecule has 0 bridgehead atoms. The van der Waals surface area contributed by atoms with E-state index in [9.17, 15) is 4.79 Å². The van der Waals surface area contributed by atoms with Gasteiger partial charge in [0, 0.05) is 0 Å². The van der Waals surface area contributed by atoms with Crippen LogP contribution in [0.2, 0.25) is 0 Å². The molecule has 0 aromatic carbocycles. The molecule has 52 valence electrons. The van der Waals surface area contributed by atoms with Gasteiger partial charge in [0.2, 0.25) is 0 Å². The number of nitriles is 1. The molecule has 4 nitrogen and oxygen atoms in total. The second kappa shape index (κ2) is 10.2. The van der Waals surface area contributed by atoms with E-state index in [4.69, 9.17) is 10.4 Å². The van der Waals surface area contributed by atoms with Crippen molar-refractivity contribution in [3.05, 3.63) is 0 Å². The van der Waals surface area contributed by atoms with Crippen LogP contribution in [0.1, 0.15) is 6.92 Å². The van der Waals surface area contributed by atoms with Gasteiger partial charge in [0.05, 0.1) is 6.61 Å². The molecule has 0 rings (SSSR count). The lowest BCUT2D eigenvalue weighted by Crippen LogP contribution is -1.97.